The van der Waals surface area contributed by atoms with E-state index in [1.807, 2.05) is 24.3 Å². The van der Waals surface area contributed by atoms with Crippen LogP contribution in [0.2, 0.25) is 0 Å². The fourth-order valence-electron chi connectivity index (χ4n) is 2.82. The fourth-order valence-corrected chi connectivity index (χ4v) is 3.74. The van der Waals surface area contributed by atoms with Gasteiger partial charge >= 0.3 is 69.2 Å². The van der Waals surface area contributed by atoms with Crippen LogP contribution in [0, 0.1) is 0 Å². The summed E-state index contributed by atoms with van der Waals surface area (Å²) in [5, 5.41) is 11.0. The largest absolute Gasteiger partial charge is 1.00 e. The Balaban J connectivity index is 0.00000341. The molecule has 0 saturated heterocycles. The van der Waals surface area contributed by atoms with Crippen molar-refractivity contribution >= 4 is 27.5 Å². The number of aliphatic carboxylic acids is 1. The first-order valence-electron chi connectivity index (χ1n) is 8.92. The number of aromatic nitrogens is 1. The third-order valence-electron chi connectivity index (χ3n) is 4.21. The molecule has 0 amide bonds. The molecule has 160 valence electrons. The summed E-state index contributed by atoms with van der Waals surface area (Å²) in [5.41, 5.74) is 1.29. The van der Waals surface area contributed by atoms with E-state index in [1.54, 1.807) is 16.7 Å². The van der Waals surface area contributed by atoms with Crippen LogP contribution in [-0.2, 0) is 22.5 Å². The number of carboxylic acids is 1. The maximum absolute atomic E-state index is 12.2. The summed E-state index contributed by atoms with van der Waals surface area (Å²) in [5.74, 6) is -1.24. The Kier molecular flexibility index (Phi) is 9.90. The van der Waals surface area contributed by atoms with Gasteiger partial charge in [-0.1, -0.05) is 35.6 Å². The third kappa shape index (κ3) is 7.79. The van der Waals surface area contributed by atoms with Gasteiger partial charge in [-0.2, -0.15) is 13.2 Å². The average Bonchev–Trinajstić information content (AvgIpc) is 3.01. The molecule has 31 heavy (non-hydrogen) atoms. The molecule has 3 rings (SSSR count). The topological polar surface area (TPSA) is 80.6 Å². The molecule has 0 aliphatic rings. The first-order valence-corrected chi connectivity index (χ1v) is 9.74. The van der Waals surface area contributed by atoms with Crippen LogP contribution in [0.4, 0.5) is 13.2 Å². The Hall–Kier alpha value is -1.04. The smallest absolute Gasteiger partial charge is 0.547 e. The van der Waals surface area contributed by atoms with Crippen molar-refractivity contribution < 1.29 is 90.7 Å². The van der Waals surface area contributed by atoms with E-state index in [2.05, 4.69) is 4.74 Å². The van der Waals surface area contributed by atoms with Crippen LogP contribution < -0.4 is 72.9 Å². The van der Waals surface area contributed by atoms with E-state index in [1.165, 1.54) is 12.1 Å². The Morgan fingerprint density at radius 3 is 2.45 bits per heavy atom. The van der Waals surface area contributed by atoms with Crippen LogP contribution in [0.5, 0.6) is 5.75 Å². The molecule has 0 N–H and O–H groups in total. The number of fused-ring (bicyclic) bond motifs is 1. The zero-order valence-corrected chi connectivity index (χ0v) is 22.3. The molecule has 11 heteroatoms. The molecule has 0 radical (unpaired) electrons. The third-order valence-corrected chi connectivity index (χ3v) is 5.17. The van der Waals surface area contributed by atoms with Crippen molar-refractivity contribution in [2.75, 3.05) is 13.2 Å². The van der Waals surface area contributed by atoms with Crippen LogP contribution in [0.15, 0.2) is 53.3 Å². The molecule has 0 spiro atoms. The van der Waals surface area contributed by atoms with Crippen molar-refractivity contribution in [2.24, 2.45) is 0 Å². The Morgan fingerprint density at radius 1 is 1.13 bits per heavy atom. The molecule has 1 atom stereocenters. The summed E-state index contributed by atoms with van der Waals surface area (Å²) in [6.45, 7) is -1.08. The average molecular weight is 526 g/mol. The van der Waals surface area contributed by atoms with E-state index in [9.17, 15) is 27.9 Å². The van der Waals surface area contributed by atoms with Gasteiger partial charge in [-0.05, 0) is 29.8 Å². The molecule has 0 saturated carbocycles. The molecule has 1 heterocycles. The quantitative estimate of drug-likeness (QED) is 0.372. The van der Waals surface area contributed by atoms with Gasteiger partial charge in [-0.15, -0.1) is 0 Å². The summed E-state index contributed by atoms with van der Waals surface area (Å²) in [6.07, 6.45) is -6.60. The van der Waals surface area contributed by atoms with Gasteiger partial charge in [0.2, 0.25) is 0 Å². The van der Waals surface area contributed by atoms with Gasteiger partial charge in [0, 0.05) is 6.42 Å². The minimum absolute atomic E-state index is 0. The van der Waals surface area contributed by atoms with E-state index in [4.69, 9.17) is 4.74 Å². The standard InChI is InChI=1S/C20H18F3NO5S.Rb/c21-20(22,23)12-29-16(18(25)26)11-13-5-7-14(8-6-13)28-10-9-24-15-3-1-2-4-17(15)30-19(24)27;/h1-8,16H,9-12H2,(H,25,26);/q;+1/p-1/t16-;/m0./s1. The summed E-state index contributed by atoms with van der Waals surface area (Å²) in [4.78, 5) is 23.0. The number of para-hydroxylation sites is 1. The second-order valence-corrected chi connectivity index (χ2v) is 7.41. The van der Waals surface area contributed by atoms with Gasteiger partial charge in [-0.25, -0.2) is 0 Å². The van der Waals surface area contributed by atoms with Crippen molar-refractivity contribution in [2.45, 2.75) is 25.2 Å². The molecule has 3 aromatic rings. The number of ether oxygens (including phenoxy) is 2. The molecule has 0 unspecified atom stereocenters. The normalized spacial score (nSPS) is 12.4. The number of alkyl halides is 3. The zero-order chi connectivity index (χ0) is 21.7. The van der Waals surface area contributed by atoms with Crippen molar-refractivity contribution in [3.05, 3.63) is 63.8 Å². The number of carbonyl (C=O) groups excluding carboxylic acids is 1. The molecular formula is C20H17F3NO5RbS. The van der Waals surface area contributed by atoms with Crippen molar-refractivity contribution in [3.63, 3.8) is 0 Å². The van der Waals surface area contributed by atoms with E-state index in [0.717, 1.165) is 21.6 Å². The van der Waals surface area contributed by atoms with E-state index >= 15 is 0 Å². The zero-order valence-electron chi connectivity index (χ0n) is 16.6. The van der Waals surface area contributed by atoms with Gasteiger partial charge in [0.15, 0.2) is 0 Å². The number of carboxylic acid groups (broad SMARTS) is 1. The molecule has 1 aromatic heterocycles. The number of halogens is 3. The molecule has 0 aliphatic heterocycles. The monoisotopic (exact) mass is 525 g/mol. The van der Waals surface area contributed by atoms with Crippen LogP contribution in [0.25, 0.3) is 10.2 Å². The summed E-state index contributed by atoms with van der Waals surface area (Å²) < 4.78 is 49.2. The fraction of sp³-hybridized carbons (Fsp3) is 0.300. The summed E-state index contributed by atoms with van der Waals surface area (Å²) in [6, 6.07) is 13.7. The maximum atomic E-state index is 12.2. The number of hydrogen-bond acceptors (Lipinski definition) is 6. The van der Waals surface area contributed by atoms with E-state index < -0.39 is 24.9 Å². The SMILES string of the molecule is O=C([O-])[C@H](Cc1ccc(OCCn2c(=O)sc3ccccc32)cc1)OCC(F)(F)F.[Rb+]. The predicted molar refractivity (Wildman–Crippen MR) is 103 cm³/mol. The van der Waals surface area contributed by atoms with Crippen LogP contribution >= 0.6 is 11.3 Å². The second kappa shape index (κ2) is 11.7. The van der Waals surface area contributed by atoms with Gasteiger partial charge in [0.25, 0.3) is 0 Å². The van der Waals surface area contributed by atoms with Gasteiger partial charge < -0.3 is 19.4 Å². The number of thiazole rings is 1. The summed E-state index contributed by atoms with van der Waals surface area (Å²) >= 11 is 1.16. The van der Waals surface area contributed by atoms with Crippen molar-refractivity contribution in [3.8, 4) is 5.75 Å². The number of carbonyl (C=O) groups is 1. The Labute approximate surface area is 228 Å². The first-order chi connectivity index (χ1) is 14.2. The van der Waals surface area contributed by atoms with Crippen LogP contribution in [0.3, 0.4) is 0 Å². The Morgan fingerprint density at radius 2 is 1.81 bits per heavy atom. The molecule has 0 bridgehead atoms. The van der Waals surface area contributed by atoms with Gasteiger partial charge in [0.05, 0.1) is 22.7 Å². The van der Waals surface area contributed by atoms with Crippen molar-refractivity contribution in [1.82, 2.24) is 4.57 Å². The van der Waals surface area contributed by atoms with Gasteiger partial charge in [-0.3, -0.25) is 9.36 Å². The van der Waals surface area contributed by atoms with Crippen LogP contribution in [-0.4, -0.2) is 36.0 Å². The Bertz CT molecular complexity index is 1070. The maximum Gasteiger partial charge on any atom is 1.00 e. The van der Waals surface area contributed by atoms with E-state index in [0.29, 0.717) is 17.9 Å². The van der Waals surface area contributed by atoms with Crippen molar-refractivity contribution in [1.29, 1.82) is 0 Å². The number of rotatable bonds is 9. The molecular weight excluding hydrogens is 509 g/mol. The number of nitrogens with zero attached hydrogens (tertiary/aromatic N) is 1. The molecule has 2 aromatic carbocycles. The minimum Gasteiger partial charge on any atom is -0.547 e. The molecule has 6 nitrogen and oxygen atoms in total. The molecule has 0 fully saturated rings. The predicted octanol–water partition coefficient (Wildman–Crippen LogP) is -0.614. The second-order valence-electron chi connectivity index (χ2n) is 6.42. The minimum atomic E-state index is -4.62. The molecule has 0 aliphatic carbocycles. The van der Waals surface area contributed by atoms with Gasteiger partial charge in [0.1, 0.15) is 25.1 Å². The number of benzene rings is 2. The summed E-state index contributed by atoms with van der Waals surface area (Å²) in [7, 11) is 0. The number of hydrogen-bond donors (Lipinski definition) is 0. The van der Waals surface area contributed by atoms with Crippen LogP contribution in [0.1, 0.15) is 5.56 Å². The first kappa shape index (κ1) is 26.2. The van der Waals surface area contributed by atoms with E-state index in [-0.39, 0.29) is 76.1 Å².